The van der Waals surface area contributed by atoms with Crippen molar-refractivity contribution in [2.45, 2.75) is 18.8 Å². The van der Waals surface area contributed by atoms with Gasteiger partial charge in [-0.1, -0.05) is 78.3 Å². The first-order valence-corrected chi connectivity index (χ1v) is 10.1. The number of rotatable bonds is 5. The molecule has 0 radical (unpaired) electrons. The summed E-state index contributed by atoms with van der Waals surface area (Å²) < 4.78 is 0. The predicted octanol–water partition coefficient (Wildman–Crippen LogP) is 5.71. The van der Waals surface area contributed by atoms with Crippen LogP contribution in [-0.2, 0) is 4.79 Å². The Morgan fingerprint density at radius 3 is 1.96 bits per heavy atom. The van der Waals surface area contributed by atoms with Crippen molar-refractivity contribution in [2.75, 3.05) is 23.3 Å². The molecule has 1 aliphatic rings. The molecule has 1 N–H and O–H groups in total. The number of para-hydroxylation sites is 1. The summed E-state index contributed by atoms with van der Waals surface area (Å²) in [5, 5.41) is 3.84. The molecule has 3 aromatic carbocycles. The summed E-state index contributed by atoms with van der Waals surface area (Å²) in [5.74, 6) is -0.437. The van der Waals surface area contributed by atoms with Gasteiger partial charge in [0.1, 0.15) is 0 Å². The lowest BCUT2D eigenvalue weighted by Crippen LogP contribution is -2.25. The molecule has 28 heavy (non-hydrogen) atoms. The standard InChI is InChI=1S/C24H23ClN2O/c25-20-14-9-15-21(23(20)27-16-7-8-17-27)26-24(28)22(18-10-3-1-4-11-18)19-12-5-2-6-13-19/h1-6,9-15,22H,7-8,16-17H2,(H,26,28). The number of hydrogen-bond acceptors (Lipinski definition) is 2. The van der Waals surface area contributed by atoms with Crippen molar-refractivity contribution >= 4 is 28.9 Å². The summed E-state index contributed by atoms with van der Waals surface area (Å²) in [6, 6.07) is 25.5. The quantitative estimate of drug-likeness (QED) is 0.605. The Balaban J connectivity index is 1.69. The van der Waals surface area contributed by atoms with Gasteiger partial charge in [-0.25, -0.2) is 0 Å². The first kappa shape index (κ1) is 18.6. The van der Waals surface area contributed by atoms with Crippen LogP contribution in [0.2, 0.25) is 5.02 Å². The maximum atomic E-state index is 13.4. The van der Waals surface area contributed by atoms with Crippen molar-refractivity contribution in [3.05, 3.63) is 95.0 Å². The van der Waals surface area contributed by atoms with Crippen molar-refractivity contribution in [3.8, 4) is 0 Å². The molecule has 1 heterocycles. The van der Waals surface area contributed by atoms with Crippen LogP contribution in [0, 0.1) is 0 Å². The van der Waals surface area contributed by atoms with E-state index in [1.165, 1.54) is 0 Å². The Bertz CT molecular complexity index is 898. The molecule has 0 aliphatic carbocycles. The minimum atomic E-state index is -0.382. The first-order valence-electron chi connectivity index (χ1n) is 9.68. The lowest BCUT2D eigenvalue weighted by atomic mass is 9.90. The number of nitrogens with one attached hydrogen (secondary N) is 1. The Morgan fingerprint density at radius 2 is 1.39 bits per heavy atom. The maximum absolute atomic E-state index is 13.4. The van der Waals surface area contributed by atoms with Crippen molar-refractivity contribution in [3.63, 3.8) is 0 Å². The van der Waals surface area contributed by atoms with Gasteiger partial charge in [-0.3, -0.25) is 4.79 Å². The molecule has 1 amide bonds. The topological polar surface area (TPSA) is 32.3 Å². The Hall–Kier alpha value is -2.78. The highest BCUT2D eigenvalue weighted by Crippen LogP contribution is 2.37. The van der Waals surface area contributed by atoms with Crippen LogP contribution in [-0.4, -0.2) is 19.0 Å². The van der Waals surface area contributed by atoms with Gasteiger partial charge in [-0.15, -0.1) is 0 Å². The van der Waals surface area contributed by atoms with E-state index in [1.807, 2.05) is 78.9 Å². The summed E-state index contributed by atoms with van der Waals surface area (Å²) in [4.78, 5) is 15.7. The van der Waals surface area contributed by atoms with E-state index in [9.17, 15) is 4.79 Å². The molecule has 4 rings (SSSR count). The molecular weight excluding hydrogens is 368 g/mol. The number of anilines is 2. The number of halogens is 1. The highest BCUT2D eigenvalue weighted by atomic mass is 35.5. The summed E-state index contributed by atoms with van der Waals surface area (Å²) in [5.41, 5.74) is 3.64. The third-order valence-electron chi connectivity index (χ3n) is 5.19. The van der Waals surface area contributed by atoms with Gasteiger partial charge >= 0.3 is 0 Å². The molecule has 0 atom stereocenters. The number of carbonyl (C=O) groups is 1. The van der Waals surface area contributed by atoms with E-state index >= 15 is 0 Å². The van der Waals surface area contributed by atoms with Crippen molar-refractivity contribution in [1.29, 1.82) is 0 Å². The van der Waals surface area contributed by atoms with Gasteiger partial charge in [0.25, 0.3) is 0 Å². The molecule has 0 saturated carbocycles. The summed E-state index contributed by atoms with van der Waals surface area (Å²) in [7, 11) is 0. The van der Waals surface area contributed by atoms with Crippen LogP contribution in [0.15, 0.2) is 78.9 Å². The van der Waals surface area contributed by atoms with E-state index in [1.54, 1.807) is 0 Å². The molecule has 3 nitrogen and oxygen atoms in total. The molecule has 1 fully saturated rings. The normalized spacial score (nSPS) is 13.7. The van der Waals surface area contributed by atoms with Gasteiger partial charge in [0.15, 0.2) is 0 Å². The van der Waals surface area contributed by atoms with Crippen LogP contribution in [0.3, 0.4) is 0 Å². The summed E-state index contributed by atoms with van der Waals surface area (Å²) in [6.45, 7) is 1.93. The first-order chi connectivity index (χ1) is 13.7. The molecule has 3 aromatic rings. The highest BCUT2D eigenvalue weighted by Gasteiger charge is 2.25. The maximum Gasteiger partial charge on any atom is 0.236 e. The molecule has 0 bridgehead atoms. The van der Waals surface area contributed by atoms with E-state index < -0.39 is 0 Å². The molecule has 1 saturated heterocycles. The summed E-state index contributed by atoms with van der Waals surface area (Å²) in [6.07, 6.45) is 2.30. The fourth-order valence-corrected chi connectivity index (χ4v) is 4.16. The largest absolute Gasteiger partial charge is 0.369 e. The minimum Gasteiger partial charge on any atom is -0.369 e. The zero-order valence-electron chi connectivity index (χ0n) is 15.6. The number of amides is 1. The van der Waals surface area contributed by atoms with Crippen LogP contribution in [0.25, 0.3) is 0 Å². The zero-order valence-corrected chi connectivity index (χ0v) is 16.4. The van der Waals surface area contributed by atoms with E-state index in [0.717, 1.165) is 48.4 Å². The lowest BCUT2D eigenvalue weighted by Gasteiger charge is -2.24. The van der Waals surface area contributed by atoms with Crippen molar-refractivity contribution < 1.29 is 4.79 Å². The average Bonchev–Trinajstić information content (AvgIpc) is 3.24. The molecule has 1 aliphatic heterocycles. The molecule has 0 unspecified atom stereocenters. The second-order valence-corrected chi connectivity index (χ2v) is 7.48. The Kier molecular flexibility index (Phi) is 5.63. The van der Waals surface area contributed by atoms with Gasteiger partial charge in [0, 0.05) is 13.1 Å². The third-order valence-corrected chi connectivity index (χ3v) is 5.50. The van der Waals surface area contributed by atoms with E-state index in [2.05, 4.69) is 10.2 Å². The van der Waals surface area contributed by atoms with E-state index in [-0.39, 0.29) is 11.8 Å². The smallest absolute Gasteiger partial charge is 0.236 e. The second kappa shape index (κ2) is 8.49. The van der Waals surface area contributed by atoms with Crippen LogP contribution < -0.4 is 10.2 Å². The van der Waals surface area contributed by atoms with Crippen LogP contribution in [0.1, 0.15) is 29.9 Å². The van der Waals surface area contributed by atoms with Crippen molar-refractivity contribution in [1.82, 2.24) is 0 Å². The number of hydrogen-bond donors (Lipinski definition) is 1. The number of carbonyl (C=O) groups excluding carboxylic acids is 1. The van der Waals surface area contributed by atoms with E-state index in [0.29, 0.717) is 5.02 Å². The Morgan fingerprint density at radius 1 is 0.821 bits per heavy atom. The fraction of sp³-hybridized carbons (Fsp3) is 0.208. The van der Waals surface area contributed by atoms with Gasteiger partial charge in [0.05, 0.1) is 22.3 Å². The lowest BCUT2D eigenvalue weighted by molar-refractivity contribution is -0.116. The second-order valence-electron chi connectivity index (χ2n) is 7.07. The van der Waals surface area contributed by atoms with Crippen LogP contribution in [0.4, 0.5) is 11.4 Å². The van der Waals surface area contributed by atoms with Crippen LogP contribution in [0.5, 0.6) is 0 Å². The SMILES string of the molecule is O=C(Nc1cccc(Cl)c1N1CCCC1)C(c1ccccc1)c1ccccc1. The van der Waals surface area contributed by atoms with Gasteiger partial charge in [0.2, 0.25) is 5.91 Å². The number of nitrogens with zero attached hydrogens (tertiary/aromatic N) is 1. The molecule has 142 valence electrons. The third kappa shape index (κ3) is 3.90. The van der Waals surface area contributed by atoms with Gasteiger partial charge in [-0.05, 0) is 36.1 Å². The number of benzene rings is 3. The molecule has 0 aromatic heterocycles. The monoisotopic (exact) mass is 390 g/mol. The van der Waals surface area contributed by atoms with Gasteiger partial charge in [-0.2, -0.15) is 0 Å². The summed E-state index contributed by atoms with van der Waals surface area (Å²) >= 11 is 6.51. The van der Waals surface area contributed by atoms with Crippen LogP contribution >= 0.6 is 11.6 Å². The Labute approximate surface area is 171 Å². The van der Waals surface area contributed by atoms with E-state index in [4.69, 9.17) is 11.6 Å². The average molecular weight is 391 g/mol. The van der Waals surface area contributed by atoms with Crippen molar-refractivity contribution in [2.24, 2.45) is 0 Å². The molecule has 0 spiro atoms. The fourth-order valence-electron chi connectivity index (χ4n) is 3.87. The molecule has 4 heteroatoms. The van der Waals surface area contributed by atoms with Gasteiger partial charge < -0.3 is 10.2 Å². The zero-order chi connectivity index (χ0) is 19.3. The molecular formula is C24H23ClN2O. The minimum absolute atomic E-state index is 0.0555. The predicted molar refractivity (Wildman–Crippen MR) is 116 cm³/mol. The highest BCUT2D eigenvalue weighted by molar-refractivity contribution is 6.34.